The Bertz CT molecular complexity index is 183. The predicted octanol–water partition coefficient (Wildman–Crippen LogP) is 3.34. The van der Waals surface area contributed by atoms with Crippen molar-refractivity contribution in [2.75, 3.05) is 0 Å². The van der Waals surface area contributed by atoms with Gasteiger partial charge in [-0.2, -0.15) is 0 Å². The van der Waals surface area contributed by atoms with E-state index in [4.69, 9.17) is 0 Å². The minimum Gasteiger partial charge on any atom is -0.0876 e. The fourth-order valence-electron chi connectivity index (χ4n) is 0.573. The average molecular weight is 315 g/mol. The zero-order valence-electron chi connectivity index (χ0n) is 5.48. The van der Waals surface area contributed by atoms with Gasteiger partial charge in [0, 0.05) is 29.3 Å². The SMILES string of the molecule is BrCc1ccc(Br)cc1.[Zn]. The van der Waals surface area contributed by atoms with Crippen molar-refractivity contribution in [3.63, 3.8) is 0 Å². The summed E-state index contributed by atoms with van der Waals surface area (Å²) in [6, 6.07) is 8.24. The molecule has 0 amide bonds. The van der Waals surface area contributed by atoms with Gasteiger partial charge in [-0.15, -0.1) is 0 Å². The zero-order chi connectivity index (χ0) is 6.69. The van der Waals surface area contributed by atoms with Crippen LogP contribution in [0.5, 0.6) is 0 Å². The summed E-state index contributed by atoms with van der Waals surface area (Å²) < 4.78 is 1.13. The number of alkyl halides is 1. The summed E-state index contributed by atoms with van der Waals surface area (Å²) in [5.41, 5.74) is 1.30. The molecular formula is C7H6Br2Zn. The van der Waals surface area contributed by atoms with Crippen LogP contribution in [0.3, 0.4) is 0 Å². The van der Waals surface area contributed by atoms with E-state index in [9.17, 15) is 0 Å². The Morgan fingerprint density at radius 3 is 2.00 bits per heavy atom. The van der Waals surface area contributed by atoms with Crippen molar-refractivity contribution in [2.45, 2.75) is 5.33 Å². The van der Waals surface area contributed by atoms with Gasteiger partial charge in [-0.1, -0.05) is 44.0 Å². The number of hydrogen-bond acceptors (Lipinski definition) is 0. The Morgan fingerprint density at radius 2 is 1.60 bits per heavy atom. The van der Waals surface area contributed by atoms with Gasteiger partial charge in [-0.25, -0.2) is 0 Å². The summed E-state index contributed by atoms with van der Waals surface area (Å²) in [4.78, 5) is 0. The second-order valence-electron chi connectivity index (χ2n) is 1.76. The molecule has 10 heavy (non-hydrogen) atoms. The van der Waals surface area contributed by atoms with Crippen LogP contribution < -0.4 is 0 Å². The van der Waals surface area contributed by atoms with Gasteiger partial charge in [-0.3, -0.25) is 0 Å². The summed E-state index contributed by atoms with van der Waals surface area (Å²) in [5.74, 6) is 0. The summed E-state index contributed by atoms with van der Waals surface area (Å²) >= 11 is 6.73. The smallest absolute Gasteiger partial charge is 0.0283 e. The van der Waals surface area contributed by atoms with Gasteiger partial charge in [0.15, 0.2) is 0 Å². The molecule has 1 aromatic rings. The van der Waals surface area contributed by atoms with E-state index in [-0.39, 0.29) is 19.5 Å². The second kappa shape index (κ2) is 5.45. The topological polar surface area (TPSA) is 0 Å². The van der Waals surface area contributed by atoms with Crippen molar-refractivity contribution in [3.8, 4) is 0 Å². The molecule has 0 bridgehead atoms. The average Bonchev–Trinajstić information content (AvgIpc) is 1.90. The van der Waals surface area contributed by atoms with E-state index in [1.165, 1.54) is 5.56 Å². The van der Waals surface area contributed by atoms with Gasteiger partial charge in [0.2, 0.25) is 0 Å². The van der Waals surface area contributed by atoms with Crippen LogP contribution in [0.25, 0.3) is 0 Å². The van der Waals surface area contributed by atoms with E-state index in [1.54, 1.807) is 0 Å². The van der Waals surface area contributed by atoms with Crippen LogP contribution in [-0.4, -0.2) is 0 Å². The van der Waals surface area contributed by atoms with Crippen LogP contribution in [0.1, 0.15) is 5.56 Å². The molecule has 1 rings (SSSR count). The van der Waals surface area contributed by atoms with Crippen LogP contribution in [0.2, 0.25) is 0 Å². The van der Waals surface area contributed by atoms with Crippen LogP contribution in [-0.2, 0) is 24.8 Å². The van der Waals surface area contributed by atoms with Gasteiger partial charge in [0.05, 0.1) is 0 Å². The number of rotatable bonds is 1. The first-order chi connectivity index (χ1) is 4.33. The first-order valence-electron chi connectivity index (χ1n) is 2.63. The fraction of sp³-hybridized carbons (Fsp3) is 0.143. The van der Waals surface area contributed by atoms with Gasteiger partial charge >= 0.3 is 0 Å². The molecule has 0 heterocycles. The molecule has 1 aromatic carbocycles. The monoisotopic (exact) mass is 312 g/mol. The van der Waals surface area contributed by atoms with Crippen LogP contribution in [0.4, 0.5) is 0 Å². The van der Waals surface area contributed by atoms with Crippen molar-refractivity contribution < 1.29 is 19.5 Å². The van der Waals surface area contributed by atoms with Gasteiger partial charge in [0.25, 0.3) is 0 Å². The van der Waals surface area contributed by atoms with E-state index in [1.807, 2.05) is 12.1 Å². The second-order valence-corrected chi connectivity index (χ2v) is 3.24. The fourth-order valence-corrected chi connectivity index (χ4v) is 1.21. The molecule has 0 aliphatic rings. The number of hydrogen-bond donors (Lipinski definition) is 0. The summed E-state index contributed by atoms with van der Waals surface area (Å²) in [6.45, 7) is 0. The first kappa shape index (κ1) is 10.8. The molecule has 0 aliphatic carbocycles. The van der Waals surface area contributed by atoms with E-state index >= 15 is 0 Å². The van der Waals surface area contributed by atoms with Gasteiger partial charge in [-0.05, 0) is 17.7 Å². The third-order valence-corrected chi connectivity index (χ3v) is 2.24. The van der Waals surface area contributed by atoms with E-state index in [2.05, 4.69) is 44.0 Å². The van der Waals surface area contributed by atoms with E-state index < -0.39 is 0 Å². The van der Waals surface area contributed by atoms with Crippen molar-refractivity contribution in [3.05, 3.63) is 34.3 Å². The van der Waals surface area contributed by atoms with E-state index in [0.29, 0.717) is 0 Å². The molecule has 0 unspecified atom stereocenters. The van der Waals surface area contributed by atoms with Crippen LogP contribution >= 0.6 is 31.9 Å². The van der Waals surface area contributed by atoms with Crippen molar-refractivity contribution in [1.82, 2.24) is 0 Å². The van der Waals surface area contributed by atoms with Crippen LogP contribution in [0.15, 0.2) is 28.7 Å². The zero-order valence-corrected chi connectivity index (χ0v) is 11.6. The van der Waals surface area contributed by atoms with E-state index in [0.717, 1.165) is 9.80 Å². The minimum atomic E-state index is 0. The van der Waals surface area contributed by atoms with Gasteiger partial charge in [0.1, 0.15) is 0 Å². The van der Waals surface area contributed by atoms with Crippen molar-refractivity contribution in [1.29, 1.82) is 0 Å². The number of halogens is 2. The van der Waals surface area contributed by atoms with Crippen molar-refractivity contribution in [2.24, 2.45) is 0 Å². The molecule has 0 saturated heterocycles. The summed E-state index contributed by atoms with van der Waals surface area (Å²) in [7, 11) is 0. The molecule has 3 heteroatoms. The third kappa shape index (κ3) is 3.27. The molecule has 0 atom stereocenters. The Morgan fingerprint density at radius 1 is 1.10 bits per heavy atom. The normalized spacial score (nSPS) is 8.60. The minimum absolute atomic E-state index is 0. The molecule has 0 radical (unpaired) electrons. The standard InChI is InChI=1S/C7H6Br2.Zn/c8-5-6-1-3-7(9)4-2-6;/h1-4H,5H2;. The maximum atomic E-state index is 3.37. The molecule has 0 saturated carbocycles. The summed E-state index contributed by atoms with van der Waals surface area (Å²) in [5, 5.41) is 0.931. The quantitative estimate of drug-likeness (QED) is 0.551. The Hall–Kier alpha value is 0.803. The Balaban J connectivity index is 0.000000810. The molecule has 0 N–H and O–H groups in total. The predicted molar refractivity (Wildman–Crippen MR) is 46.8 cm³/mol. The first-order valence-corrected chi connectivity index (χ1v) is 4.55. The largest absolute Gasteiger partial charge is 0.0876 e. The third-order valence-electron chi connectivity index (χ3n) is 1.07. The molecule has 0 aliphatic heterocycles. The summed E-state index contributed by atoms with van der Waals surface area (Å²) in [6.07, 6.45) is 0. The maximum Gasteiger partial charge on any atom is 0.0283 e. The van der Waals surface area contributed by atoms with Crippen molar-refractivity contribution >= 4 is 31.9 Å². The Labute approximate surface area is 90.4 Å². The molecule has 0 nitrogen and oxygen atoms in total. The molecule has 0 aromatic heterocycles. The van der Waals surface area contributed by atoms with Crippen LogP contribution in [0, 0.1) is 0 Å². The molecule has 0 fully saturated rings. The Kier molecular flexibility index (Phi) is 5.89. The van der Waals surface area contributed by atoms with Gasteiger partial charge < -0.3 is 0 Å². The maximum absolute atomic E-state index is 3.37. The number of benzene rings is 1. The molecular weight excluding hydrogens is 309 g/mol. The molecule has 50 valence electrons. The molecule has 0 spiro atoms.